The smallest absolute Gasteiger partial charge is 0.305 e. The third-order valence-electron chi connectivity index (χ3n) is 5.62. The van der Waals surface area contributed by atoms with Crippen LogP contribution in [0.25, 0.3) is 0 Å². The van der Waals surface area contributed by atoms with Crippen LogP contribution in [0.1, 0.15) is 57.6 Å². The summed E-state index contributed by atoms with van der Waals surface area (Å²) in [5.41, 5.74) is 8.11. The number of amides is 2. The van der Waals surface area contributed by atoms with Gasteiger partial charge in [-0.15, -0.1) is 0 Å². The van der Waals surface area contributed by atoms with Gasteiger partial charge in [0.2, 0.25) is 11.8 Å². The lowest BCUT2D eigenvalue weighted by Crippen LogP contribution is -2.53. The van der Waals surface area contributed by atoms with Crippen molar-refractivity contribution >= 4 is 23.5 Å². The Labute approximate surface area is 214 Å². The number of carbonyl (C=O) groups is 3. The Morgan fingerprint density at radius 1 is 0.889 bits per heavy atom. The average molecular weight is 497 g/mol. The first-order chi connectivity index (χ1) is 17.3. The maximum absolute atomic E-state index is 13.3. The molecule has 0 aromatic heterocycles. The molecule has 8 heteroatoms. The van der Waals surface area contributed by atoms with E-state index in [-0.39, 0.29) is 30.4 Å². The molecule has 2 rings (SSSR count). The van der Waals surface area contributed by atoms with Gasteiger partial charge in [0.1, 0.15) is 12.6 Å². The zero-order chi connectivity index (χ0) is 26.3. The highest BCUT2D eigenvalue weighted by Crippen LogP contribution is 2.13. The van der Waals surface area contributed by atoms with Gasteiger partial charge in [0.05, 0.1) is 6.04 Å². The first-order valence-electron chi connectivity index (χ1n) is 12.7. The van der Waals surface area contributed by atoms with E-state index < -0.39 is 12.1 Å². The number of esters is 1. The summed E-state index contributed by atoms with van der Waals surface area (Å²) in [6, 6.07) is 15.8. The minimum absolute atomic E-state index is 0.101. The van der Waals surface area contributed by atoms with Gasteiger partial charge < -0.3 is 26.4 Å². The largest absolute Gasteiger partial charge is 0.461 e. The second-order valence-electron chi connectivity index (χ2n) is 9.11. The van der Waals surface area contributed by atoms with E-state index in [2.05, 4.69) is 16.0 Å². The van der Waals surface area contributed by atoms with Gasteiger partial charge in [-0.2, -0.15) is 0 Å². The molecule has 8 nitrogen and oxygen atoms in total. The first-order valence-corrected chi connectivity index (χ1v) is 12.7. The highest BCUT2D eigenvalue weighted by Gasteiger charge is 2.26. The molecular formula is C28H40N4O4. The Morgan fingerprint density at radius 3 is 2.19 bits per heavy atom. The number of ether oxygens (including phenoxy) is 1. The van der Waals surface area contributed by atoms with Gasteiger partial charge in [-0.05, 0) is 55.5 Å². The Morgan fingerprint density at radius 2 is 1.58 bits per heavy atom. The standard InChI is InChI=1S/C28H40N4O4/c1-4-26(33)36-19-22-13-15-23(16-14-22)31-27(34)24(12-8-9-17-29)32-28(35)25(30-20(2)3)18-21-10-6-5-7-11-21/h5-7,10-11,13-16,20,24-25,30H,4,8-9,12,17-19,29H2,1-3H3,(H,31,34)(H,32,35)/t24-,25-/m0/s1. The summed E-state index contributed by atoms with van der Waals surface area (Å²) in [5.74, 6) is -0.761. The second kappa shape index (κ2) is 15.7. The van der Waals surface area contributed by atoms with E-state index in [4.69, 9.17) is 10.5 Å². The van der Waals surface area contributed by atoms with Crippen LogP contribution in [-0.2, 0) is 32.1 Å². The molecule has 0 radical (unpaired) electrons. The molecule has 0 aliphatic carbocycles. The summed E-state index contributed by atoms with van der Waals surface area (Å²) < 4.78 is 5.14. The number of hydrogen-bond acceptors (Lipinski definition) is 6. The van der Waals surface area contributed by atoms with Gasteiger partial charge in [-0.3, -0.25) is 14.4 Å². The highest BCUT2D eigenvalue weighted by molar-refractivity contribution is 5.97. The van der Waals surface area contributed by atoms with Crippen LogP contribution in [0.3, 0.4) is 0 Å². The summed E-state index contributed by atoms with van der Waals surface area (Å²) >= 11 is 0. The molecule has 36 heavy (non-hydrogen) atoms. The van der Waals surface area contributed by atoms with Crippen molar-refractivity contribution in [2.24, 2.45) is 5.73 Å². The maximum Gasteiger partial charge on any atom is 0.305 e. The minimum atomic E-state index is -0.693. The van der Waals surface area contributed by atoms with Gasteiger partial charge in [-0.1, -0.05) is 63.2 Å². The fraction of sp³-hybridized carbons (Fsp3) is 0.464. The predicted octanol–water partition coefficient (Wildman–Crippen LogP) is 3.30. The molecule has 0 aliphatic heterocycles. The molecule has 2 aromatic rings. The lowest BCUT2D eigenvalue weighted by Gasteiger charge is -2.25. The van der Waals surface area contributed by atoms with Crippen LogP contribution in [0, 0.1) is 0 Å². The van der Waals surface area contributed by atoms with Gasteiger partial charge in [-0.25, -0.2) is 0 Å². The van der Waals surface area contributed by atoms with Crippen LogP contribution in [0.2, 0.25) is 0 Å². The van der Waals surface area contributed by atoms with Crippen LogP contribution in [-0.4, -0.2) is 42.5 Å². The summed E-state index contributed by atoms with van der Waals surface area (Å²) in [7, 11) is 0. The molecule has 0 aliphatic rings. The van der Waals surface area contributed by atoms with E-state index in [1.54, 1.807) is 31.2 Å². The van der Waals surface area contributed by atoms with Crippen molar-refractivity contribution in [2.45, 2.75) is 77.6 Å². The summed E-state index contributed by atoms with van der Waals surface area (Å²) in [4.78, 5) is 37.7. The lowest BCUT2D eigenvalue weighted by molar-refractivity contribution is -0.144. The van der Waals surface area contributed by atoms with E-state index in [1.807, 2.05) is 44.2 Å². The lowest BCUT2D eigenvalue weighted by atomic mass is 10.0. The molecule has 2 aromatic carbocycles. The molecule has 0 unspecified atom stereocenters. The predicted molar refractivity (Wildman–Crippen MR) is 142 cm³/mol. The van der Waals surface area contributed by atoms with Crippen LogP contribution < -0.4 is 21.7 Å². The molecular weight excluding hydrogens is 456 g/mol. The van der Waals surface area contributed by atoms with Gasteiger partial charge >= 0.3 is 5.97 Å². The van der Waals surface area contributed by atoms with Crippen molar-refractivity contribution in [1.29, 1.82) is 0 Å². The topological polar surface area (TPSA) is 123 Å². The van der Waals surface area contributed by atoms with E-state index in [1.165, 1.54) is 0 Å². The van der Waals surface area contributed by atoms with Crippen LogP contribution in [0.15, 0.2) is 54.6 Å². The molecule has 5 N–H and O–H groups in total. The summed E-state index contributed by atoms with van der Waals surface area (Å²) in [5, 5.41) is 9.17. The van der Waals surface area contributed by atoms with E-state index >= 15 is 0 Å². The number of anilines is 1. The Balaban J connectivity index is 2.06. The van der Waals surface area contributed by atoms with E-state index in [0.717, 1.165) is 24.0 Å². The second-order valence-corrected chi connectivity index (χ2v) is 9.11. The Kier molecular flexibility index (Phi) is 12.6. The van der Waals surface area contributed by atoms with Crippen molar-refractivity contribution in [3.8, 4) is 0 Å². The molecule has 0 fully saturated rings. The molecule has 2 atom stereocenters. The Bertz CT molecular complexity index is 948. The van der Waals surface area contributed by atoms with Crippen LogP contribution in [0.4, 0.5) is 5.69 Å². The third kappa shape index (κ3) is 10.6. The molecule has 0 saturated heterocycles. The zero-order valence-electron chi connectivity index (χ0n) is 21.6. The molecule has 0 bridgehead atoms. The number of nitrogens with one attached hydrogen (secondary N) is 3. The molecule has 196 valence electrons. The van der Waals surface area contributed by atoms with Crippen molar-refractivity contribution < 1.29 is 19.1 Å². The summed E-state index contributed by atoms with van der Waals surface area (Å²) in [6.07, 6.45) is 2.82. The van der Waals surface area contributed by atoms with Gasteiger partial charge in [0, 0.05) is 18.2 Å². The van der Waals surface area contributed by atoms with E-state index in [0.29, 0.717) is 31.5 Å². The minimum Gasteiger partial charge on any atom is -0.461 e. The van der Waals surface area contributed by atoms with Crippen molar-refractivity contribution in [1.82, 2.24) is 10.6 Å². The van der Waals surface area contributed by atoms with Crippen molar-refractivity contribution in [3.63, 3.8) is 0 Å². The van der Waals surface area contributed by atoms with Crippen molar-refractivity contribution in [2.75, 3.05) is 11.9 Å². The normalized spacial score (nSPS) is 12.6. The first kappa shape index (κ1) is 29.0. The quantitative estimate of drug-likeness (QED) is 0.222. The summed E-state index contributed by atoms with van der Waals surface area (Å²) in [6.45, 7) is 6.43. The fourth-order valence-corrected chi connectivity index (χ4v) is 3.69. The van der Waals surface area contributed by atoms with Gasteiger partial charge in [0.25, 0.3) is 0 Å². The SMILES string of the molecule is CCC(=O)OCc1ccc(NC(=O)[C@H](CCCCN)NC(=O)[C@H](Cc2ccccc2)NC(C)C)cc1. The van der Waals surface area contributed by atoms with Crippen molar-refractivity contribution in [3.05, 3.63) is 65.7 Å². The highest BCUT2D eigenvalue weighted by atomic mass is 16.5. The maximum atomic E-state index is 13.3. The third-order valence-corrected chi connectivity index (χ3v) is 5.62. The number of carbonyl (C=O) groups excluding carboxylic acids is 3. The van der Waals surface area contributed by atoms with E-state index in [9.17, 15) is 14.4 Å². The van der Waals surface area contributed by atoms with Crippen LogP contribution >= 0.6 is 0 Å². The Hall–Kier alpha value is -3.23. The number of rotatable bonds is 15. The molecule has 0 heterocycles. The zero-order valence-corrected chi connectivity index (χ0v) is 21.6. The number of nitrogens with two attached hydrogens (primary N) is 1. The number of unbranched alkanes of at least 4 members (excludes halogenated alkanes) is 1. The molecule has 2 amide bonds. The van der Waals surface area contributed by atoms with Gasteiger partial charge in [0.15, 0.2) is 0 Å². The molecule has 0 spiro atoms. The number of benzene rings is 2. The van der Waals surface area contributed by atoms with Crippen LogP contribution in [0.5, 0.6) is 0 Å². The fourth-order valence-electron chi connectivity index (χ4n) is 3.69. The molecule has 0 saturated carbocycles. The average Bonchev–Trinajstić information content (AvgIpc) is 2.87. The monoisotopic (exact) mass is 496 g/mol. The number of hydrogen-bond donors (Lipinski definition) is 4.